The van der Waals surface area contributed by atoms with Gasteiger partial charge in [-0.15, -0.1) is 0 Å². The predicted octanol–water partition coefficient (Wildman–Crippen LogP) is 1.23. The van der Waals surface area contributed by atoms with Crippen LogP contribution in [0.1, 0.15) is 39.5 Å². The molecule has 0 aliphatic carbocycles. The quantitative estimate of drug-likeness (QED) is 0.762. The number of carbonyl (C=O) groups excluding carboxylic acids is 1. The largest absolute Gasteiger partial charge is 0.396 e. The minimum atomic E-state index is -0.131. The number of likely N-dealkylation sites (tertiary alicyclic amines) is 1. The summed E-state index contributed by atoms with van der Waals surface area (Å²) in [6.45, 7) is 6.46. The number of nitrogens with zero attached hydrogens (tertiary/aromatic N) is 3. The number of rotatable bonds is 7. The average molecular weight is 281 g/mol. The molecule has 1 saturated heterocycles. The number of piperidine rings is 1. The van der Waals surface area contributed by atoms with Crippen molar-refractivity contribution in [2.75, 3.05) is 32.8 Å². The van der Waals surface area contributed by atoms with Crippen LogP contribution in [0.2, 0.25) is 0 Å². The van der Waals surface area contributed by atoms with Gasteiger partial charge in [0, 0.05) is 25.7 Å². The number of carbonyl (C=O) groups is 1. The fourth-order valence-corrected chi connectivity index (χ4v) is 2.80. The Morgan fingerprint density at radius 3 is 2.90 bits per heavy atom. The van der Waals surface area contributed by atoms with Crippen LogP contribution in [0.25, 0.3) is 0 Å². The zero-order valence-corrected chi connectivity index (χ0v) is 12.7. The van der Waals surface area contributed by atoms with Gasteiger partial charge in [-0.3, -0.25) is 9.69 Å². The van der Waals surface area contributed by atoms with Gasteiger partial charge in [0.25, 0.3) is 0 Å². The van der Waals surface area contributed by atoms with Gasteiger partial charge in [0.1, 0.15) is 0 Å². The monoisotopic (exact) mass is 281 g/mol. The molecule has 0 bridgehead atoms. The second kappa shape index (κ2) is 8.93. The summed E-state index contributed by atoms with van der Waals surface area (Å²) in [5.74, 6) is -0.0343. The van der Waals surface area contributed by atoms with Gasteiger partial charge in [0.15, 0.2) is 0 Å². The number of aliphatic hydroxyl groups excluding tert-OH is 1. The van der Waals surface area contributed by atoms with E-state index in [4.69, 9.17) is 10.4 Å². The lowest BCUT2D eigenvalue weighted by Gasteiger charge is -2.36. The number of hydrogen-bond donors (Lipinski definition) is 1. The highest BCUT2D eigenvalue weighted by Crippen LogP contribution is 2.19. The van der Waals surface area contributed by atoms with Crippen molar-refractivity contribution >= 4 is 5.91 Å². The average Bonchev–Trinajstić information content (AvgIpc) is 2.46. The summed E-state index contributed by atoms with van der Waals surface area (Å²) in [5, 5.41) is 18.0. The van der Waals surface area contributed by atoms with Gasteiger partial charge in [-0.25, -0.2) is 0 Å². The first-order valence-corrected chi connectivity index (χ1v) is 7.64. The van der Waals surface area contributed by atoms with Crippen molar-refractivity contribution in [3.8, 4) is 6.07 Å². The molecule has 0 aromatic carbocycles. The molecule has 1 aliphatic heterocycles. The smallest absolute Gasteiger partial charge is 0.236 e. The number of likely N-dealkylation sites (N-methyl/N-ethyl adjacent to an activating group) is 1. The van der Waals surface area contributed by atoms with Crippen LogP contribution in [-0.4, -0.2) is 59.6 Å². The number of nitriles is 1. The van der Waals surface area contributed by atoms with Crippen LogP contribution in [0.5, 0.6) is 0 Å². The molecule has 1 aliphatic rings. The van der Waals surface area contributed by atoms with Crippen molar-refractivity contribution in [3.63, 3.8) is 0 Å². The van der Waals surface area contributed by atoms with Crippen molar-refractivity contribution in [1.82, 2.24) is 9.80 Å². The highest BCUT2D eigenvalue weighted by Gasteiger charge is 2.25. The van der Waals surface area contributed by atoms with E-state index in [0.717, 1.165) is 25.8 Å². The van der Waals surface area contributed by atoms with E-state index in [2.05, 4.69) is 11.0 Å². The summed E-state index contributed by atoms with van der Waals surface area (Å²) in [5.41, 5.74) is 0. The molecule has 5 heteroatoms. The maximum atomic E-state index is 12.4. The van der Waals surface area contributed by atoms with Gasteiger partial charge < -0.3 is 10.0 Å². The molecule has 0 spiro atoms. The van der Waals surface area contributed by atoms with Gasteiger partial charge in [-0.1, -0.05) is 6.42 Å². The van der Waals surface area contributed by atoms with E-state index in [9.17, 15) is 4.79 Å². The first-order valence-electron chi connectivity index (χ1n) is 7.64. The molecule has 0 aromatic rings. The molecular weight excluding hydrogens is 254 g/mol. The predicted molar refractivity (Wildman–Crippen MR) is 77.9 cm³/mol. The summed E-state index contributed by atoms with van der Waals surface area (Å²) in [7, 11) is 0. The molecule has 2 atom stereocenters. The van der Waals surface area contributed by atoms with E-state index >= 15 is 0 Å². The van der Waals surface area contributed by atoms with Crippen LogP contribution in [0.15, 0.2) is 0 Å². The van der Waals surface area contributed by atoms with Crippen LogP contribution in [-0.2, 0) is 4.79 Å². The normalized spacial score (nSPS) is 21.2. The minimum Gasteiger partial charge on any atom is -0.396 e. The highest BCUT2D eigenvalue weighted by molar-refractivity contribution is 5.78. The maximum Gasteiger partial charge on any atom is 0.236 e. The number of hydrogen-bond acceptors (Lipinski definition) is 4. The fraction of sp³-hybridized carbons (Fsp3) is 0.867. The molecule has 114 valence electrons. The van der Waals surface area contributed by atoms with Crippen LogP contribution in [0.3, 0.4) is 0 Å². The van der Waals surface area contributed by atoms with Crippen molar-refractivity contribution in [3.05, 3.63) is 0 Å². The van der Waals surface area contributed by atoms with Crippen LogP contribution < -0.4 is 0 Å². The number of amides is 1. The van der Waals surface area contributed by atoms with E-state index in [0.29, 0.717) is 25.7 Å². The Kier molecular flexibility index (Phi) is 7.56. The molecule has 0 aromatic heterocycles. The van der Waals surface area contributed by atoms with Gasteiger partial charge in [-0.2, -0.15) is 5.26 Å². The Bertz CT molecular complexity index is 339. The Hall–Kier alpha value is -1.12. The summed E-state index contributed by atoms with van der Waals surface area (Å²) in [6.07, 6.45) is 4.11. The van der Waals surface area contributed by atoms with Gasteiger partial charge in [0.2, 0.25) is 5.91 Å². The SMILES string of the molecule is CCN(CC(C)C#N)C(=O)CN1CCCCC1CCO. The van der Waals surface area contributed by atoms with E-state index < -0.39 is 0 Å². The molecule has 1 rings (SSSR count). The van der Waals surface area contributed by atoms with Crippen molar-refractivity contribution < 1.29 is 9.90 Å². The van der Waals surface area contributed by atoms with Crippen molar-refractivity contribution in [1.29, 1.82) is 5.26 Å². The second-order valence-corrected chi connectivity index (χ2v) is 5.59. The van der Waals surface area contributed by atoms with Crippen molar-refractivity contribution in [2.45, 2.75) is 45.6 Å². The van der Waals surface area contributed by atoms with E-state index in [-0.39, 0.29) is 18.4 Å². The second-order valence-electron chi connectivity index (χ2n) is 5.59. The van der Waals surface area contributed by atoms with E-state index in [1.807, 2.05) is 13.8 Å². The first-order chi connectivity index (χ1) is 9.62. The summed E-state index contributed by atoms with van der Waals surface area (Å²) >= 11 is 0. The fourth-order valence-electron chi connectivity index (χ4n) is 2.80. The molecule has 1 amide bonds. The molecule has 2 unspecified atom stereocenters. The highest BCUT2D eigenvalue weighted by atomic mass is 16.3. The summed E-state index contributed by atoms with van der Waals surface area (Å²) in [6, 6.07) is 2.50. The third-order valence-corrected chi connectivity index (χ3v) is 4.00. The molecule has 5 nitrogen and oxygen atoms in total. The van der Waals surface area contributed by atoms with E-state index in [1.54, 1.807) is 4.90 Å². The lowest BCUT2D eigenvalue weighted by molar-refractivity contribution is -0.133. The van der Waals surface area contributed by atoms with Crippen molar-refractivity contribution in [2.24, 2.45) is 5.92 Å². The van der Waals surface area contributed by atoms with Gasteiger partial charge in [-0.05, 0) is 39.7 Å². The minimum absolute atomic E-state index is 0.0967. The Morgan fingerprint density at radius 1 is 1.55 bits per heavy atom. The van der Waals surface area contributed by atoms with Crippen LogP contribution in [0.4, 0.5) is 0 Å². The molecule has 1 heterocycles. The molecule has 0 radical (unpaired) electrons. The van der Waals surface area contributed by atoms with E-state index in [1.165, 1.54) is 6.42 Å². The number of aliphatic hydroxyl groups is 1. The molecule has 1 N–H and O–H groups in total. The zero-order chi connectivity index (χ0) is 15.0. The lowest BCUT2D eigenvalue weighted by Crippen LogP contribution is -2.47. The van der Waals surface area contributed by atoms with Crippen LogP contribution in [0, 0.1) is 17.2 Å². The molecule has 1 fully saturated rings. The lowest BCUT2D eigenvalue weighted by atomic mass is 9.99. The first kappa shape index (κ1) is 16.9. The summed E-state index contributed by atoms with van der Waals surface area (Å²) in [4.78, 5) is 16.3. The Labute approximate surface area is 122 Å². The van der Waals surface area contributed by atoms with Gasteiger partial charge in [0.05, 0.1) is 18.5 Å². The topological polar surface area (TPSA) is 67.6 Å². The molecule has 0 saturated carbocycles. The maximum absolute atomic E-state index is 12.4. The molecular formula is C15H27N3O2. The third kappa shape index (κ3) is 5.10. The van der Waals surface area contributed by atoms with Crippen LogP contribution >= 0.6 is 0 Å². The third-order valence-electron chi connectivity index (χ3n) is 4.00. The molecule has 20 heavy (non-hydrogen) atoms. The standard InChI is InChI=1S/C15H27N3O2/c1-3-17(11-13(2)10-16)15(20)12-18-8-5-4-6-14(18)7-9-19/h13-14,19H,3-9,11-12H2,1-2H3. The zero-order valence-electron chi connectivity index (χ0n) is 12.7. The van der Waals surface area contributed by atoms with Gasteiger partial charge >= 0.3 is 0 Å². The Balaban J connectivity index is 2.55. The summed E-state index contributed by atoms with van der Waals surface area (Å²) < 4.78 is 0. The Morgan fingerprint density at radius 2 is 2.30 bits per heavy atom.